The maximum absolute atomic E-state index is 14.1. The summed E-state index contributed by atoms with van der Waals surface area (Å²) in [4.78, 5) is 25.7. The molecule has 0 bridgehead atoms. The molecular formula is C29H44O5. The van der Waals surface area contributed by atoms with Crippen LogP contribution in [-0.4, -0.2) is 36.4 Å². The van der Waals surface area contributed by atoms with E-state index in [0.717, 1.165) is 51.6 Å². The number of rotatable bonds is 1. The SMILES string of the molecule is CC(=O)O[C@H]1CC[C@@]2(C)[C@@H](CC[C@@H]3[C@@H]2CC(=O)[C@]2(C)[C@@H]4[C@H](C[C@@H]32)O[C@]2(CC[C@H](C)CO2)[C@@H]4C)C1. The summed E-state index contributed by atoms with van der Waals surface area (Å²) in [7, 11) is 0. The second kappa shape index (κ2) is 7.78. The number of hydrogen-bond acceptors (Lipinski definition) is 5. The first-order chi connectivity index (χ1) is 16.1. The number of Topliss-reactive ketones (excluding diaryl/α,β-unsaturated/α-hetero) is 1. The molecule has 6 fully saturated rings. The summed E-state index contributed by atoms with van der Waals surface area (Å²) >= 11 is 0. The third kappa shape index (κ3) is 3.11. The molecule has 5 heteroatoms. The zero-order valence-electron chi connectivity index (χ0n) is 21.8. The standard InChI is InChI=1S/C29H44O5/c1-16-8-11-29(32-15-16)17(2)26-24(34-29)13-23-21-7-6-19-12-20(33-18(3)30)9-10-27(19,4)22(21)14-25(31)28(23,26)5/h16-17,19-24,26H,6-15H2,1-5H3/t16-,17+,19-,20-,21+,22-,23-,24-,26-,27-,28+,29+/m0/s1. The minimum absolute atomic E-state index is 0.0613. The minimum atomic E-state index is -0.467. The van der Waals surface area contributed by atoms with Gasteiger partial charge in [0.15, 0.2) is 5.79 Å². The summed E-state index contributed by atoms with van der Waals surface area (Å²) in [6, 6.07) is 0. The average Bonchev–Trinajstić information content (AvgIpc) is 3.23. The lowest BCUT2D eigenvalue weighted by molar-refractivity contribution is -0.272. The van der Waals surface area contributed by atoms with Crippen LogP contribution >= 0.6 is 0 Å². The topological polar surface area (TPSA) is 61.8 Å². The van der Waals surface area contributed by atoms with E-state index in [1.807, 2.05) is 0 Å². The van der Waals surface area contributed by atoms with Gasteiger partial charge in [-0.3, -0.25) is 9.59 Å². The number of esters is 1. The van der Waals surface area contributed by atoms with Gasteiger partial charge < -0.3 is 14.2 Å². The van der Waals surface area contributed by atoms with Gasteiger partial charge in [0.25, 0.3) is 0 Å². The molecule has 6 aliphatic rings. The van der Waals surface area contributed by atoms with Gasteiger partial charge in [0.05, 0.1) is 12.7 Å². The Morgan fingerprint density at radius 2 is 1.82 bits per heavy atom. The average molecular weight is 473 g/mol. The van der Waals surface area contributed by atoms with Crippen molar-refractivity contribution in [1.82, 2.24) is 0 Å². The van der Waals surface area contributed by atoms with Gasteiger partial charge in [0, 0.05) is 37.0 Å². The smallest absolute Gasteiger partial charge is 0.302 e. The zero-order chi connectivity index (χ0) is 24.0. The predicted octanol–water partition coefficient (Wildman–Crippen LogP) is 5.54. The van der Waals surface area contributed by atoms with Crippen molar-refractivity contribution in [3.63, 3.8) is 0 Å². The van der Waals surface area contributed by atoms with Crippen molar-refractivity contribution < 1.29 is 23.8 Å². The van der Waals surface area contributed by atoms with Crippen molar-refractivity contribution in [2.75, 3.05) is 6.61 Å². The van der Waals surface area contributed by atoms with Crippen molar-refractivity contribution in [3.8, 4) is 0 Å². The molecule has 12 atom stereocenters. The first-order valence-electron chi connectivity index (χ1n) is 14.1. The van der Waals surface area contributed by atoms with E-state index in [9.17, 15) is 9.59 Å². The Morgan fingerprint density at radius 1 is 1.03 bits per heavy atom. The maximum atomic E-state index is 14.1. The maximum Gasteiger partial charge on any atom is 0.302 e. The van der Waals surface area contributed by atoms with Gasteiger partial charge in [0.1, 0.15) is 11.9 Å². The number of carbonyl (C=O) groups is 2. The largest absolute Gasteiger partial charge is 0.463 e. The lowest BCUT2D eigenvalue weighted by Gasteiger charge is -2.60. The fourth-order valence-electron chi connectivity index (χ4n) is 10.3. The lowest BCUT2D eigenvalue weighted by Crippen LogP contribution is -2.58. The molecule has 6 rings (SSSR count). The molecule has 34 heavy (non-hydrogen) atoms. The first kappa shape index (κ1) is 23.5. The highest BCUT2D eigenvalue weighted by Gasteiger charge is 2.71. The van der Waals surface area contributed by atoms with Gasteiger partial charge in [-0.15, -0.1) is 0 Å². The van der Waals surface area contributed by atoms with E-state index in [1.54, 1.807) is 0 Å². The molecule has 4 aliphatic carbocycles. The molecular weight excluding hydrogens is 428 g/mol. The summed E-state index contributed by atoms with van der Waals surface area (Å²) < 4.78 is 18.8. The zero-order valence-corrected chi connectivity index (χ0v) is 21.8. The molecule has 1 spiro atoms. The van der Waals surface area contributed by atoms with Gasteiger partial charge in [-0.25, -0.2) is 0 Å². The monoisotopic (exact) mass is 472 g/mol. The van der Waals surface area contributed by atoms with E-state index in [-0.39, 0.29) is 40.8 Å². The molecule has 190 valence electrons. The summed E-state index contributed by atoms with van der Waals surface area (Å²) in [5, 5.41) is 0. The van der Waals surface area contributed by atoms with E-state index in [1.165, 1.54) is 19.8 Å². The molecule has 5 nitrogen and oxygen atoms in total. The molecule has 0 aromatic rings. The molecule has 0 amide bonds. The molecule has 4 saturated carbocycles. The number of fused-ring (bicyclic) bond motifs is 7. The molecule has 0 N–H and O–H groups in total. The van der Waals surface area contributed by atoms with Crippen LogP contribution in [0.3, 0.4) is 0 Å². The number of ether oxygens (including phenoxy) is 3. The van der Waals surface area contributed by atoms with Crippen LogP contribution in [0.1, 0.15) is 92.4 Å². The summed E-state index contributed by atoms with van der Waals surface area (Å²) in [5.74, 6) is 3.07. The van der Waals surface area contributed by atoms with E-state index < -0.39 is 5.79 Å². The molecule has 0 unspecified atom stereocenters. The van der Waals surface area contributed by atoms with Crippen LogP contribution < -0.4 is 0 Å². The van der Waals surface area contributed by atoms with Gasteiger partial charge >= 0.3 is 5.97 Å². The van der Waals surface area contributed by atoms with Gasteiger partial charge in [0.2, 0.25) is 0 Å². The van der Waals surface area contributed by atoms with Crippen molar-refractivity contribution in [2.45, 2.75) is 110 Å². The van der Waals surface area contributed by atoms with Crippen LogP contribution in [0.2, 0.25) is 0 Å². The highest BCUT2D eigenvalue weighted by Crippen LogP contribution is 2.70. The summed E-state index contributed by atoms with van der Waals surface area (Å²) in [6.45, 7) is 11.6. The quantitative estimate of drug-likeness (QED) is 0.469. The van der Waals surface area contributed by atoms with E-state index in [2.05, 4.69) is 27.7 Å². The van der Waals surface area contributed by atoms with Crippen molar-refractivity contribution in [2.24, 2.45) is 52.3 Å². The second-order valence-corrected chi connectivity index (χ2v) is 13.5. The molecule has 2 heterocycles. The number of hydrogen-bond donors (Lipinski definition) is 0. The Bertz CT molecular complexity index is 861. The van der Waals surface area contributed by atoms with Crippen molar-refractivity contribution >= 4 is 11.8 Å². The normalized spacial score (nSPS) is 56.4. The Hall–Kier alpha value is -0.940. The fraction of sp³-hybridized carbons (Fsp3) is 0.931. The minimum Gasteiger partial charge on any atom is -0.463 e. The van der Waals surface area contributed by atoms with Gasteiger partial charge in [-0.05, 0) is 80.0 Å². The molecule has 0 aromatic carbocycles. The van der Waals surface area contributed by atoms with Crippen LogP contribution in [0, 0.1) is 52.3 Å². The van der Waals surface area contributed by atoms with Gasteiger partial charge in [-0.2, -0.15) is 0 Å². The molecule has 2 aliphatic heterocycles. The fourth-order valence-corrected chi connectivity index (χ4v) is 10.3. The Kier molecular flexibility index (Phi) is 5.37. The summed E-state index contributed by atoms with van der Waals surface area (Å²) in [6.07, 6.45) is 9.47. The lowest BCUT2D eigenvalue weighted by atomic mass is 9.44. The Morgan fingerprint density at radius 3 is 2.53 bits per heavy atom. The van der Waals surface area contributed by atoms with Crippen LogP contribution in [0.4, 0.5) is 0 Å². The highest BCUT2D eigenvalue weighted by atomic mass is 16.7. The van der Waals surface area contributed by atoms with E-state index in [0.29, 0.717) is 35.4 Å². The van der Waals surface area contributed by atoms with Crippen LogP contribution in [0.5, 0.6) is 0 Å². The van der Waals surface area contributed by atoms with Crippen molar-refractivity contribution in [3.05, 3.63) is 0 Å². The number of carbonyl (C=O) groups excluding carboxylic acids is 2. The van der Waals surface area contributed by atoms with E-state index >= 15 is 0 Å². The molecule has 2 saturated heterocycles. The second-order valence-electron chi connectivity index (χ2n) is 13.5. The number of ketones is 1. The van der Waals surface area contributed by atoms with Crippen molar-refractivity contribution in [1.29, 1.82) is 0 Å². The van der Waals surface area contributed by atoms with Gasteiger partial charge in [-0.1, -0.05) is 27.7 Å². The third-order valence-corrected chi connectivity index (χ3v) is 12.1. The van der Waals surface area contributed by atoms with Crippen LogP contribution in [0.15, 0.2) is 0 Å². The predicted molar refractivity (Wildman–Crippen MR) is 128 cm³/mol. The summed E-state index contributed by atoms with van der Waals surface area (Å²) in [5.41, 5.74) is -0.0934. The third-order valence-electron chi connectivity index (χ3n) is 12.1. The molecule has 0 radical (unpaired) electrons. The first-order valence-corrected chi connectivity index (χ1v) is 14.1. The van der Waals surface area contributed by atoms with Crippen LogP contribution in [0.25, 0.3) is 0 Å². The Balaban J connectivity index is 1.25. The highest BCUT2D eigenvalue weighted by molar-refractivity contribution is 5.87. The Labute approximate surface area is 205 Å². The van der Waals surface area contributed by atoms with E-state index in [4.69, 9.17) is 14.2 Å². The van der Waals surface area contributed by atoms with Crippen LogP contribution in [-0.2, 0) is 23.8 Å². The molecule has 0 aromatic heterocycles.